The van der Waals surface area contributed by atoms with Gasteiger partial charge in [-0.15, -0.1) is 11.3 Å². The minimum absolute atomic E-state index is 0.333. The third-order valence-corrected chi connectivity index (χ3v) is 4.25. The molecule has 3 rings (SSSR count). The van der Waals surface area contributed by atoms with Crippen LogP contribution in [-0.4, -0.2) is 25.5 Å². The van der Waals surface area contributed by atoms with E-state index in [2.05, 4.69) is 17.0 Å². The first kappa shape index (κ1) is 13.8. The molecule has 0 saturated carbocycles. The van der Waals surface area contributed by atoms with Gasteiger partial charge in [-0.05, 0) is 30.0 Å². The molecule has 2 aromatic rings. The summed E-state index contributed by atoms with van der Waals surface area (Å²) in [5.41, 5.74) is 1.68. The molecule has 0 atom stereocenters. The zero-order chi connectivity index (χ0) is 14.7. The van der Waals surface area contributed by atoms with Crippen molar-refractivity contribution in [2.45, 2.75) is 12.8 Å². The molecule has 0 amide bonds. The summed E-state index contributed by atoms with van der Waals surface area (Å²) < 4.78 is 4.80. The van der Waals surface area contributed by atoms with Gasteiger partial charge in [-0.2, -0.15) is 0 Å². The Morgan fingerprint density at radius 1 is 1.29 bits per heavy atom. The van der Waals surface area contributed by atoms with Crippen LogP contribution in [0.4, 0.5) is 10.7 Å². The number of thiophene rings is 1. The third-order valence-electron chi connectivity index (χ3n) is 3.44. The lowest BCUT2D eigenvalue weighted by Gasteiger charge is -2.18. The predicted octanol–water partition coefficient (Wildman–Crippen LogP) is 3.87. The lowest BCUT2D eigenvalue weighted by Crippen LogP contribution is -2.23. The number of aliphatic imine (C=N–C) groups is 1. The Morgan fingerprint density at radius 3 is 2.86 bits per heavy atom. The Bertz CT molecular complexity index is 664. The van der Waals surface area contributed by atoms with Gasteiger partial charge < -0.3 is 9.64 Å². The molecular weight excluding hydrogens is 284 g/mol. The maximum atomic E-state index is 11.7. The van der Waals surface area contributed by atoms with Crippen LogP contribution in [0.25, 0.3) is 0 Å². The summed E-state index contributed by atoms with van der Waals surface area (Å²) in [5, 5.41) is 2.59. The van der Waals surface area contributed by atoms with E-state index >= 15 is 0 Å². The van der Waals surface area contributed by atoms with Crippen molar-refractivity contribution >= 4 is 33.8 Å². The largest absolute Gasteiger partial charge is 0.465 e. The topological polar surface area (TPSA) is 41.9 Å². The molecule has 1 fully saturated rings. The van der Waals surface area contributed by atoms with Gasteiger partial charge in [-0.25, -0.2) is 9.79 Å². The number of nitrogens with zero attached hydrogens (tertiary/aromatic N) is 2. The maximum Gasteiger partial charge on any atom is 0.340 e. The summed E-state index contributed by atoms with van der Waals surface area (Å²) in [6, 6.07) is 12.0. The smallest absolute Gasteiger partial charge is 0.340 e. The first-order valence-corrected chi connectivity index (χ1v) is 7.73. The summed E-state index contributed by atoms with van der Waals surface area (Å²) in [6.45, 7) is 0.960. The van der Waals surface area contributed by atoms with E-state index in [1.807, 2.05) is 23.6 Å². The van der Waals surface area contributed by atoms with Crippen LogP contribution in [0.15, 0.2) is 46.8 Å². The van der Waals surface area contributed by atoms with E-state index in [1.54, 1.807) is 6.07 Å². The van der Waals surface area contributed by atoms with Gasteiger partial charge >= 0.3 is 5.97 Å². The van der Waals surface area contributed by atoms with Crippen molar-refractivity contribution < 1.29 is 9.53 Å². The zero-order valence-corrected chi connectivity index (χ0v) is 12.6. The fourth-order valence-electron chi connectivity index (χ4n) is 2.43. The van der Waals surface area contributed by atoms with Crippen molar-refractivity contribution in [3.05, 3.63) is 47.3 Å². The standard InChI is InChI=1S/C16H16N2O2S/c1-20-16(19)13-9-11-21-15(13)17-14-8-5-10-18(14)12-6-3-2-4-7-12/h2-4,6-7,9,11H,5,8,10H2,1H3/b17-14+. The molecule has 1 aliphatic heterocycles. The van der Waals surface area contributed by atoms with E-state index in [9.17, 15) is 4.79 Å². The second-order valence-corrected chi connectivity index (χ2v) is 5.64. The average molecular weight is 300 g/mol. The molecule has 1 aromatic carbocycles. The fourth-order valence-corrected chi connectivity index (χ4v) is 3.20. The van der Waals surface area contributed by atoms with E-state index in [0.29, 0.717) is 5.56 Å². The fraction of sp³-hybridized carbons (Fsp3) is 0.250. The minimum Gasteiger partial charge on any atom is -0.465 e. The molecule has 5 heteroatoms. The number of hydrogen-bond donors (Lipinski definition) is 0. The Hall–Kier alpha value is -2.14. The van der Waals surface area contributed by atoms with Crippen molar-refractivity contribution in [3.8, 4) is 0 Å². The average Bonchev–Trinajstić information content (AvgIpc) is 3.17. The Morgan fingerprint density at radius 2 is 2.10 bits per heavy atom. The number of anilines is 1. The van der Waals surface area contributed by atoms with E-state index in [-0.39, 0.29) is 5.97 Å². The van der Waals surface area contributed by atoms with Crippen LogP contribution in [-0.2, 0) is 4.74 Å². The second kappa shape index (κ2) is 6.10. The lowest BCUT2D eigenvalue weighted by molar-refractivity contribution is 0.0602. The number of ether oxygens (including phenoxy) is 1. The van der Waals surface area contributed by atoms with Crippen LogP contribution in [0.5, 0.6) is 0 Å². The summed E-state index contributed by atoms with van der Waals surface area (Å²) in [4.78, 5) is 18.6. The Labute approximate surface area is 127 Å². The first-order chi connectivity index (χ1) is 10.3. The highest BCUT2D eigenvalue weighted by Gasteiger charge is 2.21. The number of esters is 1. The number of hydrogen-bond acceptors (Lipinski definition) is 4. The van der Waals surface area contributed by atoms with Crippen molar-refractivity contribution in [2.75, 3.05) is 18.6 Å². The maximum absolute atomic E-state index is 11.7. The molecule has 0 N–H and O–H groups in total. The molecule has 21 heavy (non-hydrogen) atoms. The molecule has 108 valence electrons. The van der Waals surface area contributed by atoms with Crippen LogP contribution in [0.1, 0.15) is 23.2 Å². The molecule has 1 aliphatic rings. The second-order valence-electron chi connectivity index (χ2n) is 4.75. The first-order valence-electron chi connectivity index (χ1n) is 6.85. The number of benzene rings is 1. The number of amidine groups is 1. The van der Waals surface area contributed by atoms with E-state index in [1.165, 1.54) is 18.4 Å². The third kappa shape index (κ3) is 2.83. The lowest BCUT2D eigenvalue weighted by atomic mass is 10.3. The van der Waals surface area contributed by atoms with Gasteiger partial charge in [-0.1, -0.05) is 18.2 Å². The highest BCUT2D eigenvalue weighted by atomic mass is 32.1. The van der Waals surface area contributed by atoms with Gasteiger partial charge in [0.15, 0.2) is 0 Å². The molecule has 0 unspecified atom stereocenters. The quantitative estimate of drug-likeness (QED) is 0.808. The zero-order valence-electron chi connectivity index (χ0n) is 11.8. The minimum atomic E-state index is -0.333. The van der Waals surface area contributed by atoms with Crippen LogP contribution in [0, 0.1) is 0 Å². The molecule has 4 nitrogen and oxygen atoms in total. The highest BCUT2D eigenvalue weighted by molar-refractivity contribution is 7.14. The SMILES string of the molecule is COC(=O)c1ccsc1/N=C1\CCCN1c1ccccc1. The number of methoxy groups -OCH3 is 1. The molecule has 0 bridgehead atoms. The number of para-hydroxylation sites is 1. The van der Waals surface area contributed by atoms with Gasteiger partial charge in [0.05, 0.1) is 12.7 Å². The number of rotatable bonds is 3. The number of carbonyl (C=O) groups excluding carboxylic acids is 1. The van der Waals surface area contributed by atoms with Gasteiger partial charge in [0.25, 0.3) is 0 Å². The molecule has 1 aromatic heterocycles. The van der Waals surface area contributed by atoms with E-state index < -0.39 is 0 Å². The normalized spacial score (nSPS) is 16.4. The molecule has 0 radical (unpaired) electrons. The Balaban J connectivity index is 1.92. The van der Waals surface area contributed by atoms with E-state index in [0.717, 1.165) is 35.9 Å². The van der Waals surface area contributed by atoms with Crippen molar-refractivity contribution in [3.63, 3.8) is 0 Å². The molecule has 2 heterocycles. The summed E-state index contributed by atoms with van der Waals surface area (Å²) in [6.07, 6.45) is 2.00. The predicted molar refractivity (Wildman–Crippen MR) is 85.8 cm³/mol. The van der Waals surface area contributed by atoms with Crippen molar-refractivity contribution in [1.29, 1.82) is 0 Å². The van der Waals surface area contributed by atoms with Gasteiger partial charge in [-0.3, -0.25) is 0 Å². The summed E-state index contributed by atoms with van der Waals surface area (Å²) >= 11 is 1.46. The molecular formula is C16H16N2O2S. The van der Waals surface area contributed by atoms with Crippen LogP contribution in [0.2, 0.25) is 0 Å². The van der Waals surface area contributed by atoms with Crippen LogP contribution >= 0.6 is 11.3 Å². The monoisotopic (exact) mass is 300 g/mol. The van der Waals surface area contributed by atoms with E-state index in [4.69, 9.17) is 9.73 Å². The van der Waals surface area contributed by atoms with Crippen molar-refractivity contribution in [1.82, 2.24) is 0 Å². The Kier molecular flexibility index (Phi) is 4.01. The molecule has 0 aliphatic carbocycles. The summed E-state index contributed by atoms with van der Waals surface area (Å²) in [5.74, 6) is 0.675. The van der Waals surface area contributed by atoms with Gasteiger partial charge in [0, 0.05) is 18.7 Å². The van der Waals surface area contributed by atoms with Crippen molar-refractivity contribution in [2.24, 2.45) is 4.99 Å². The van der Waals surface area contributed by atoms with Crippen LogP contribution < -0.4 is 4.90 Å². The molecule has 1 saturated heterocycles. The van der Waals surface area contributed by atoms with Crippen LogP contribution in [0.3, 0.4) is 0 Å². The number of carbonyl (C=O) groups is 1. The molecule has 0 spiro atoms. The van der Waals surface area contributed by atoms with Gasteiger partial charge in [0.1, 0.15) is 10.8 Å². The van der Waals surface area contributed by atoms with Gasteiger partial charge in [0.2, 0.25) is 0 Å². The highest BCUT2D eigenvalue weighted by Crippen LogP contribution is 2.30. The summed E-state index contributed by atoms with van der Waals surface area (Å²) in [7, 11) is 1.39.